The highest BCUT2D eigenvalue weighted by Crippen LogP contribution is 2.15. The van der Waals surface area contributed by atoms with Gasteiger partial charge in [-0.3, -0.25) is 4.79 Å². The van der Waals surface area contributed by atoms with Crippen molar-refractivity contribution in [2.75, 3.05) is 33.3 Å². The smallest absolute Gasteiger partial charge is 0.326 e. The number of carbonyl (C=O) groups is 1. The van der Waals surface area contributed by atoms with Crippen molar-refractivity contribution in [3.63, 3.8) is 0 Å². The van der Waals surface area contributed by atoms with E-state index in [9.17, 15) is 4.79 Å². The molecule has 0 aliphatic rings. The lowest BCUT2D eigenvalue weighted by atomic mass is 9.95. The first kappa shape index (κ1) is 18.4. The minimum atomic E-state index is -0.552. The Kier molecular flexibility index (Phi) is 9.02. The van der Waals surface area contributed by atoms with E-state index in [1.54, 1.807) is 0 Å². The molecule has 0 amide bonds. The molecule has 114 valence electrons. The Bertz CT molecular complexity index is 257. The van der Waals surface area contributed by atoms with E-state index in [0.29, 0.717) is 12.5 Å². The molecule has 0 aliphatic carbocycles. The monoisotopic (exact) mass is 272 g/mol. The predicted molar refractivity (Wildman–Crippen MR) is 80.3 cm³/mol. The van der Waals surface area contributed by atoms with Crippen LogP contribution < -0.4 is 5.32 Å². The molecule has 0 aliphatic heterocycles. The lowest BCUT2D eigenvalue weighted by molar-refractivity contribution is -0.150. The number of ether oxygens (including phenoxy) is 1. The first-order valence-corrected chi connectivity index (χ1v) is 7.46. The van der Waals surface area contributed by atoms with E-state index in [2.05, 4.69) is 31.1 Å². The highest BCUT2D eigenvalue weighted by Gasteiger charge is 2.33. The van der Waals surface area contributed by atoms with Crippen molar-refractivity contribution >= 4 is 5.97 Å². The van der Waals surface area contributed by atoms with Gasteiger partial charge < -0.3 is 15.0 Å². The van der Waals surface area contributed by atoms with Gasteiger partial charge in [-0.05, 0) is 52.7 Å². The molecule has 0 spiro atoms. The van der Waals surface area contributed by atoms with Gasteiger partial charge in [-0.1, -0.05) is 20.8 Å². The summed E-state index contributed by atoms with van der Waals surface area (Å²) in [6.07, 6.45) is 1.80. The van der Waals surface area contributed by atoms with Crippen LogP contribution >= 0.6 is 0 Å². The lowest BCUT2D eigenvalue weighted by Gasteiger charge is -2.29. The largest absolute Gasteiger partial charge is 0.465 e. The van der Waals surface area contributed by atoms with Crippen molar-refractivity contribution in [3.05, 3.63) is 0 Å². The molecule has 19 heavy (non-hydrogen) atoms. The van der Waals surface area contributed by atoms with E-state index in [0.717, 1.165) is 32.5 Å². The Morgan fingerprint density at radius 3 is 2.47 bits per heavy atom. The third-order valence-electron chi connectivity index (χ3n) is 3.19. The fraction of sp³-hybridized carbons (Fsp3) is 0.933. The van der Waals surface area contributed by atoms with E-state index >= 15 is 0 Å². The van der Waals surface area contributed by atoms with Crippen molar-refractivity contribution in [3.8, 4) is 0 Å². The Hall–Kier alpha value is -0.610. The summed E-state index contributed by atoms with van der Waals surface area (Å²) in [6, 6.07) is 0. The Morgan fingerprint density at radius 1 is 1.37 bits per heavy atom. The van der Waals surface area contributed by atoms with E-state index in [1.807, 2.05) is 20.8 Å². The summed E-state index contributed by atoms with van der Waals surface area (Å²) < 4.78 is 5.17. The zero-order valence-corrected chi connectivity index (χ0v) is 13.6. The molecule has 0 saturated heterocycles. The van der Waals surface area contributed by atoms with Crippen LogP contribution in [0.3, 0.4) is 0 Å². The first-order valence-electron chi connectivity index (χ1n) is 7.46. The average Bonchev–Trinajstić information content (AvgIpc) is 2.28. The SMILES string of the molecule is CCNC(C)(CCCN(C)CC(C)C)C(=O)OCC. The molecular formula is C15H32N2O2. The number of hydrogen-bond donors (Lipinski definition) is 1. The summed E-state index contributed by atoms with van der Waals surface area (Å²) in [4.78, 5) is 14.3. The van der Waals surface area contributed by atoms with Crippen molar-refractivity contribution in [2.45, 2.75) is 53.0 Å². The van der Waals surface area contributed by atoms with E-state index < -0.39 is 5.54 Å². The third-order valence-corrected chi connectivity index (χ3v) is 3.19. The topological polar surface area (TPSA) is 41.6 Å². The second-order valence-electron chi connectivity index (χ2n) is 5.84. The summed E-state index contributed by atoms with van der Waals surface area (Å²) in [5.41, 5.74) is -0.552. The maximum Gasteiger partial charge on any atom is 0.326 e. The maximum absolute atomic E-state index is 12.0. The lowest BCUT2D eigenvalue weighted by Crippen LogP contribution is -2.50. The second-order valence-corrected chi connectivity index (χ2v) is 5.84. The van der Waals surface area contributed by atoms with E-state index in [4.69, 9.17) is 4.74 Å². The molecule has 0 saturated carbocycles. The molecule has 1 N–H and O–H groups in total. The molecule has 4 nitrogen and oxygen atoms in total. The average molecular weight is 272 g/mol. The zero-order valence-electron chi connectivity index (χ0n) is 13.6. The van der Waals surface area contributed by atoms with Crippen LogP contribution in [0.15, 0.2) is 0 Å². The van der Waals surface area contributed by atoms with Crippen LogP contribution in [0.25, 0.3) is 0 Å². The van der Waals surface area contributed by atoms with Gasteiger partial charge in [0.25, 0.3) is 0 Å². The normalized spacial score (nSPS) is 14.7. The van der Waals surface area contributed by atoms with Gasteiger partial charge in [0, 0.05) is 6.54 Å². The molecule has 4 heteroatoms. The summed E-state index contributed by atoms with van der Waals surface area (Å²) >= 11 is 0. The molecule has 0 aromatic heterocycles. The van der Waals surface area contributed by atoms with Gasteiger partial charge in [0.05, 0.1) is 6.61 Å². The van der Waals surface area contributed by atoms with Crippen LogP contribution in [0.5, 0.6) is 0 Å². The highest BCUT2D eigenvalue weighted by molar-refractivity contribution is 5.80. The first-order chi connectivity index (χ1) is 8.85. The van der Waals surface area contributed by atoms with Crippen molar-refractivity contribution in [2.24, 2.45) is 5.92 Å². The summed E-state index contributed by atoms with van der Waals surface area (Å²) in [5.74, 6) is 0.540. The molecule has 0 aromatic rings. The molecule has 0 aromatic carbocycles. The summed E-state index contributed by atoms with van der Waals surface area (Å²) in [7, 11) is 2.13. The number of hydrogen-bond acceptors (Lipinski definition) is 4. The van der Waals surface area contributed by atoms with Crippen molar-refractivity contribution in [1.82, 2.24) is 10.2 Å². The fourth-order valence-electron chi connectivity index (χ4n) is 2.36. The second kappa shape index (κ2) is 9.32. The summed E-state index contributed by atoms with van der Waals surface area (Å²) in [5, 5.41) is 3.27. The zero-order chi connectivity index (χ0) is 14.9. The van der Waals surface area contributed by atoms with Crippen LogP contribution in [0.2, 0.25) is 0 Å². The minimum absolute atomic E-state index is 0.136. The number of likely N-dealkylation sites (N-methyl/N-ethyl adjacent to an activating group) is 1. The van der Waals surface area contributed by atoms with Gasteiger partial charge in [0.1, 0.15) is 5.54 Å². The molecule has 0 heterocycles. The molecule has 0 fully saturated rings. The Labute approximate surface area is 118 Å². The summed E-state index contributed by atoms with van der Waals surface area (Å²) in [6.45, 7) is 13.6. The Balaban J connectivity index is 4.24. The highest BCUT2D eigenvalue weighted by atomic mass is 16.5. The van der Waals surface area contributed by atoms with Gasteiger partial charge in [0.2, 0.25) is 0 Å². The van der Waals surface area contributed by atoms with Crippen LogP contribution in [0.1, 0.15) is 47.5 Å². The van der Waals surface area contributed by atoms with Crippen LogP contribution in [0.4, 0.5) is 0 Å². The van der Waals surface area contributed by atoms with E-state index in [1.165, 1.54) is 0 Å². The van der Waals surface area contributed by atoms with Crippen molar-refractivity contribution < 1.29 is 9.53 Å². The molecule has 0 bridgehead atoms. The molecule has 0 radical (unpaired) electrons. The third kappa shape index (κ3) is 7.53. The standard InChI is InChI=1S/C15H32N2O2/c1-7-16-15(5,14(18)19-8-2)10-9-11-17(6)12-13(3)4/h13,16H,7-12H2,1-6H3. The van der Waals surface area contributed by atoms with Gasteiger partial charge in [-0.25, -0.2) is 0 Å². The molecule has 1 unspecified atom stereocenters. The Morgan fingerprint density at radius 2 is 2.00 bits per heavy atom. The fourth-order valence-corrected chi connectivity index (χ4v) is 2.36. The molecular weight excluding hydrogens is 240 g/mol. The van der Waals surface area contributed by atoms with Gasteiger partial charge in [0.15, 0.2) is 0 Å². The number of carbonyl (C=O) groups excluding carboxylic acids is 1. The number of nitrogens with one attached hydrogen (secondary N) is 1. The minimum Gasteiger partial charge on any atom is -0.465 e. The van der Waals surface area contributed by atoms with Crippen molar-refractivity contribution in [1.29, 1.82) is 0 Å². The van der Waals surface area contributed by atoms with Crippen LogP contribution in [-0.4, -0.2) is 49.7 Å². The van der Waals surface area contributed by atoms with Gasteiger partial charge in [-0.15, -0.1) is 0 Å². The van der Waals surface area contributed by atoms with Gasteiger partial charge in [-0.2, -0.15) is 0 Å². The number of nitrogens with zero attached hydrogens (tertiary/aromatic N) is 1. The number of rotatable bonds is 10. The van der Waals surface area contributed by atoms with E-state index in [-0.39, 0.29) is 5.97 Å². The van der Waals surface area contributed by atoms with Gasteiger partial charge >= 0.3 is 5.97 Å². The maximum atomic E-state index is 12.0. The van der Waals surface area contributed by atoms with Crippen LogP contribution in [-0.2, 0) is 9.53 Å². The predicted octanol–water partition coefficient (Wildman–Crippen LogP) is 2.29. The number of esters is 1. The molecule has 0 rings (SSSR count). The quantitative estimate of drug-likeness (QED) is 0.620. The van der Waals surface area contributed by atoms with Crippen LogP contribution in [0, 0.1) is 5.92 Å². The molecule has 1 atom stereocenters.